The van der Waals surface area contributed by atoms with E-state index in [1.54, 1.807) is 0 Å². The van der Waals surface area contributed by atoms with Crippen molar-refractivity contribution < 1.29 is 32.1 Å². The van der Waals surface area contributed by atoms with E-state index in [-0.39, 0.29) is 12.8 Å². The van der Waals surface area contributed by atoms with E-state index >= 15 is 0 Å². The summed E-state index contributed by atoms with van der Waals surface area (Å²) in [6.07, 6.45) is 2.15. The second-order valence-corrected chi connectivity index (χ2v) is 9.40. The zero-order valence-corrected chi connectivity index (χ0v) is 15.3. The smallest absolute Gasteiger partial charge is 0.346 e. The second-order valence-electron chi connectivity index (χ2n) is 5.65. The lowest BCUT2D eigenvalue weighted by Crippen LogP contribution is -2.20. The Labute approximate surface area is 142 Å². The van der Waals surface area contributed by atoms with Crippen molar-refractivity contribution in [1.82, 2.24) is 0 Å². The first kappa shape index (κ1) is 20.9. The van der Waals surface area contributed by atoms with Crippen LogP contribution in [0.2, 0.25) is 0 Å². The van der Waals surface area contributed by atoms with Gasteiger partial charge in [-0.25, -0.2) is 0 Å². The van der Waals surface area contributed by atoms with Gasteiger partial charge in [-0.1, -0.05) is 18.2 Å². The average Bonchev–Trinajstić information content (AvgIpc) is 2.42. The summed E-state index contributed by atoms with van der Waals surface area (Å²) in [5, 5.41) is 0. The molecule has 0 aliphatic heterocycles. The van der Waals surface area contributed by atoms with E-state index in [4.69, 9.17) is 19.1 Å². The number of aryl methyl sites for hydroxylation is 1. The molecule has 1 atom stereocenters. The fourth-order valence-electron chi connectivity index (χ4n) is 2.09. The van der Waals surface area contributed by atoms with Crippen LogP contribution in [-0.4, -0.2) is 34.4 Å². The lowest BCUT2D eigenvalue weighted by molar-refractivity contribution is 0.351. The first-order chi connectivity index (χ1) is 11.0. The number of unbranched alkanes of at least 4 members (excludes halogenated alkanes) is 1. The standard InChI is InChI=1S/C15H23O7PS/c1-12-7-5-8-14(10-12)22-11-13(2)6-3-4-9-15(23(16,17)18)24(19,20)21/h5-8,10,15H,3-4,9,11H2,1-2H3,(H2,16,17,18)(H,19,20,21). The highest BCUT2D eigenvalue weighted by Gasteiger charge is 2.38. The van der Waals surface area contributed by atoms with Crippen molar-refractivity contribution in [1.29, 1.82) is 0 Å². The summed E-state index contributed by atoms with van der Waals surface area (Å²) in [5.41, 5.74) is 2.00. The van der Waals surface area contributed by atoms with Crippen molar-refractivity contribution in [3.05, 3.63) is 41.5 Å². The Morgan fingerprint density at radius 3 is 2.58 bits per heavy atom. The van der Waals surface area contributed by atoms with E-state index in [1.165, 1.54) is 0 Å². The topological polar surface area (TPSA) is 121 Å². The molecule has 7 nitrogen and oxygen atoms in total. The summed E-state index contributed by atoms with van der Waals surface area (Å²) < 4.78 is 47.7. The van der Waals surface area contributed by atoms with E-state index in [0.29, 0.717) is 13.0 Å². The first-order valence-electron chi connectivity index (χ1n) is 7.37. The van der Waals surface area contributed by atoms with Crippen molar-refractivity contribution >= 4 is 17.7 Å². The summed E-state index contributed by atoms with van der Waals surface area (Å²) >= 11 is 0. The molecule has 0 bridgehead atoms. The summed E-state index contributed by atoms with van der Waals surface area (Å²) in [6, 6.07) is 7.60. The monoisotopic (exact) mass is 378 g/mol. The highest BCUT2D eigenvalue weighted by atomic mass is 32.2. The zero-order chi connectivity index (χ0) is 18.4. The molecule has 1 aromatic rings. The fourth-order valence-corrected chi connectivity index (χ4v) is 4.46. The van der Waals surface area contributed by atoms with Gasteiger partial charge in [0.05, 0.1) is 0 Å². The molecule has 0 amide bonds. The number of ether oxygens (including phenoxy) is 1. The molecule has 3 N–H and O–H groups in total. The van der Waals surface area contributed by atoms with Crippen LogP contribution < -0.4 is 4.74 Å². The van der Waals surface area contributed by atoms with Crippen LogP contribution in [0.15, 0.2) is 35.9 Å². The average molecular weight is 378 g/mol. The number of rotatable bonds is 9. The molecule has 1 unspecified atom stereocenters. The third-order valence-electron chi connectivity index (χ3n) is 3.32. The Hall–Kier alpha value is -1.18. The maximum atomic E-state index is 11.1. The third-order valence-corrected chi connectivity index (χ3v) is 6.88. The molecule has 0 spiro atoms. The van der Waals surface area contributed by atoms with Crippen molar-refractivity contribution in [3.8, 4) is 5.75 Å². The number of allylic oxidation sites excluding steroid dienone is 1. The van der Waals surface area contributed by atoms with Gasteiger partial charge in [0.25, 0.3) is 10.1 Å². The predicted molar refractivity (Wildman–Crippen MR) is 91.7 cm³/mol. The molecular formula is C15H23O7PS. The van der Waals surface area contributed by atoms with Crippen LogP contribution in [-0.2, 0) is 14.7 Å². The molecule has 0 saturated heterocycles. The van der Waals surface area contributed by atoms with Crippen LogP contribution in [0.1, 0.15) is 31.7 Å². The highest BCUT2D eigenvalue weighted by molar-refractivity contribution is 7.93. The van der Waals surface area contributed by atoms with Crippen molar-refractivity contribution in [2.24, 2.45) is 0 Å². The number of hydrogen-bond donors (Lipinski definition) is 3. The fraction of sp³-hybridized carbons (Fsp3) is 0.467. The maximum Gasteiger partial charge on any atom is 0.346 e. The normalized spacial score (nSPS) is 14.5. The van der Waals surface area contributed by atoms with Crippen LogP contribution in [0, 0.1) is 6.92 Å². The largest absolute Gasteiger partial charge is 0.489 e. The molecule has 0 heterocycles. The van der Waals surface area contributed by atoms with E-state index in [0.717, 1.165) is 16.9 Å². The minimum Gasteiger partial charge on any atom is -0.489 e. The molecule has 1 aromatic carbocycles. The lowest BCUT2D eigenvalue weighted by atomic mass is 10.2. The van der Waals surface area contributed by atoms with E-state index in [2.05, 4.69) is 0 Å². The molecule has 0 aliphatic carbocycles. The van der Waals surface area contributed by atoms with Crippen LogP contribution in [0.25, 0.3) is 0 Å². The van der Waals surface area contributed by atoms with Crippen LogP contribution in [0.5, 0.6) is 5.75 Å². The Morgan fingerprint density at radius 1 is 1.38 bits per heavy atom. The van der Waals surface area contributed by atoms with Gasteiger partial charge in [-0.2, -0.15) is 8.42 Å². The van der Waals surface area contributed by atoms with Crippen LogP contribution >= 0.6 is 7.60 Å². The van der Waals surface area contributed by atoms with Gasteiger partial charge in [0.2, 0.25) is 0 Å². The molecular weight excluding hydrogens is 355 g/mol. The number of hydrogen-bond acceptors (Lipinski definition) is 4. The van der Waals surface area contributed by atoms with Gasteiger partial charge >= 0.3 is 7.60 Å². The Balaban J connectivity index is 2.47. The predicted octanol–water partition coefficient (Wildman–Crippen LogP) is 2.88. The summed E-state index contributed by atoms with van der Waals surface area (Å²) in [7, 11) is -9.68. The van der Waals surface area contributed by atoms with Gasteiger partial charge in [-0.05, 0) is 56.4 Å². The Kier molecular flexibility index (Phi) is 7.63. The van der Waals surface area contributed by atoms with Gasteiger partial charge in [-0.3, -0.25) is 9.12 Å². The van der Waals surface area contributed by atoms with Crippen molar-refractivity contribution in [2.45, 2.75) is 38.1 Å². The van der Waals surface area contributed by atoms with Gasteiger partial charge < -0.3 is 14.5 Å². The Morgan fingerprint density at radius 2 is 2.04 bits per heavy atom. The molecule has 0 radical (unpaired) electrons. The maximum absolute atomic E-state index is 11.1. The van der Waals surface area contributed by atoms with Gasteiger partial charge in [0.15, 0.2) is 4.99 Å². The number of benzene rings is 1. The highest BCUT2D eigenvalue weighted by Crippen LogP contribution is 2.46. The molecule has 1 rings (SSSR count). The van der Waals surface area contributed by atoms with E-state index < -0.39 is 22.7 Å². The minimum atomic E-state index is -4.90. The van der Waals surface area contributed by atoms with Crippen molar-refractivity contribution in [2.75, 3.05) is 6.61 Å². The molecule has 24 heavy (non-hydrogen) atoms. The van der Waals surface area contributed by atoms with Crippen LogP contribution in [0.3, 0.4) is 0 Å². The first-order valence-corrected chi connectivity index (χ1v) is 10.6. The summed E-state index contributed by atoms with van der Waals surface area (Å²) in [4.78, 5) is 15.9. The molecule has 136 valence electrons. The lowest BCUT2D eigenvalue weighted by Gasteiger charge is -2.14. The molecule has 0 aromatic heterocycles. The zero-order valence-electron chi connectivity index (χ0n) is 13.6. The minimum absolute atomic E-state index is 0.220. The molecule has 0 saturated carbocycles. The summed E-state index contributed by atoms with van der Waals surface area (Å²) in [5.74, 6) is 0.746. The quantitative estimate of drug-likeness (QED) is 0.261. The third kappa shape index (κ3) is 7.59. The van der Waals surface area contributed by atoms with Crippen LogP contribution in [0.4, 0.5) is 0 Å². The van der Waals surface area contributed by atoms with E-state index in [9.17, 15) is 13.0 Å². The Bertz CT molecular complexity index is 721. The van der Waals surface area contributed by atoms with Crippen molar-refractivity contribution in [3.63, 3.8) is 0 Å². The van der Waals surface area contributed by atoms with Gasteiger partial charge in [0.1, 0.15) is 12.4 Å². The molecule has 0 fully saturated rings. The molecule has 9 heteroatoms. The van der Waals surface area contributed by atoms with Gasteiger partial charge in [0, 0.05) is 0 Å². The van der Waals surface area contributed by atoms with E-state index in [1.807, 2.05) is 44.2 Å². The molecule has 0 aliphatic rings. The summed E-state index contributed by atoms with van der Waals surface area (Å²) in [6.45, 7) is 4.17. The SMILES string of the molecule is CC(=CCCCC(P(=O)(O)O)S(=O)(=O)O)COc1cccc(C)c1. The van der Waals surface area contributed by atoms with Gasteiger partial charge in [-0.15, -0.1) is 0 Å². The second kappa shape index (κ2) is 8.78.